The van der Waals surface area contributed by atoms with Gasteiger partial charge >= 0.3 is 11.8 Å². The Hall–Kier alpha value is -2.32. The summed E-state index contributed by atoms with van der Waals surface area (Å²) in [6, 6.07) is 0. The SMILES string of the molecule is O=C(O)c1c(C(F)F)cnc([N+](=O)[O-])c1O. The monoisotopic (exact) mass is 234 g/mol. The number of alkyl halides is 2. The van der Waals surface area contributed by atoms with Crippen molar-refractivity contribution in [3.63, 3.8) is 0 Å². The molecule has 0 aromatic carbocycles. The molecule has 0 spiro atoms. The molecular weight excluding hydrogens is 230 g/mol. The topological polar surface area (TPSA) is 114 Å². The van der Waals surface area contributed by atoms with E-state index in [0.29, 0.717) is 6.20 Å². The van der Waals surface area contributed by atoms with Gasteiger partial charge in [0.2, 0.25) is 5.75 Å². The lowest BCUT2D eigenvalue weighted by Gasteiger charge is -2.04. The first-order valence-corrected chi connectivity index (χ1v) is 3.74. The van der Waals surface area contributed by atoms with Crippen LogP contribution in [0.1, 0.15) is 22.3 Å². The van der Waals surface area contributed by atoms with Crippen molar-refractivity contribution >= 4 is 11.8 Å². The zero-order valence-corrected chi connectivity index (χ0v) is 7.42. The first kappa shape index (κ1) is 11.8. The average Bonchev–Trinajstić information content (AvgIpc) is 2.15. The summed E-state index contributed by atoms with van der Waals surface area (Å²) in [7, 11) is 0. The molecule has 0 aliphatic carbocycles. The Kier molecular flexibility index (Phi) is 2.97. The molecule has 9 heteroatoms. The molecule has 0 fully saturated rings. The highest BCUT2D eigenvalue weighted by atomic mass is 19.3. The van der Waals surface area contributed by atoms with Crippen molar-refractivity contribution in [3.05, 3.63) is 27.4 Å². The second kappa shape index (κ2) is 4.04. The number of aromatic nitrogens is 1. The van der Waals surface area contributed by atoms with Crippen LogP contribution in [0.15, 0.2) is 6.20 Å². The van der Waals surface area contributed by atoms with E-state index in [4.69, 9.17) is 10.2 Å². The van der Waals surface area contributed by atoms with Crippen LogP contribution in [0, 0.1) is 10.1 Å². The molecule has 0 bridgehead atoms. The summed E-state index contributed by atoms with van der Waals surface area (Å²) in [4.78, 5) is 22.6. The Morgan fingerprint density at radius 2 is 2.12 bits per heavy atom. The molecule has 0 aliphatic heterocycles. The third-order valence-corrected chi connectivity index (χ3v) is 1.69. The van der Waals surface area contributed by atoms with E-state index in [1.807, 2.05) is 0 Å². The predicted octanol–water partition coefficient (Wildman–Crippen LogP) is 1.33. The normalized spacial score (nSPS) is 10.4. The molecule has 1 rings (SSSR count). The molecule has 0 radical (unpaired) electrons. The van der Waals surface area contributed by atoms with E-state index in [1.54, 1.807) is 0 Å². The summed E-state index contributed by atoms with van der Waals surface area (Å²) >= 11 is 0. The number of carboxylic acids is 1. The molecule has 1 heterocycles. The van der Waals surface area contributed by atoms with Gasteiger partial charge in [0.05, 0.1) is 5.56 Å². The smallest absolute Gasteiger partial charge is 0.406 e. The molecular formula is C7H4F2N2O5. The molecule has 16 heavy (non-hydrogen) atoms. The van der Waals surface area contributed by atoms with Gasteiger partial charge < -0.3 is 20.3 Å². The number of pyridine rings is 1. The van der Waals surface area contributed by atoms with E-state index in [9.17, 15) is 23.7 Å². The van der Waals surface area contributed by atoms with Crippen LogP contribution in [-0.2, 0) is 0 Å². The first-order valence-electron chi connectivity index (χ1n) is 3.74. The summed E-state index contributed by atoms with van der Waals surface area (Å²) in [6.45, 7) is 0. The molecule has 86 valence electrons. The highest BCUT2D eigenvalue weighted by Crippen LogP contribution is 2.34. The van der Waals surface area contributed by atoms with Gasteiger partial charge in [-0.3, -0.25) is 0 Å². The van der Waals surface area contributed by atoms with E-state index in [2.05, 4.69) is 4.98 Å². The van der Waals surface area contributed by atoms with Crippen LogP contribution in [0.4, 0.5) is 14.6 Å². The second-order valence-corrected chi connectivity index (χ2v) is 2.62. The van der Waals surface area contributed by atoms with Gasteiger partial charge in [-0.1, -0.05) is 0 Å². The van der Waals surface area contributed by atoms with Gasteiger partial charge in [-0.25, -0.2) is 13.6 Å². The van der Waals surface area contributed by atoms with Crippen LogP contribution >= 0.6 is 0 Å². The predicted molar refractivity (Wildman–Crippen MR) is 44.5 cm³/mol. The van der Waals surface area contributed by atoms with Gasteiger partial charge in [0.15, 0.2) is 0 Å². The lowest BCUT2D eigenvalue weighted by atomic mass is 10.1. The number of hydrogen-bond acceptors (Lipinski definition) is 5. The molecule has 0 amide bonds. The average molecular weight is 234 g/mol. The van der Waals surface area contributed by atoms with Crippen molar-refractivity contribution in [2.24, 2.45) is 0 Å². The van der Waals surface area contributed by atoms with E-state index in [-0.39, 0.29) is 0 Å². The molecule has 0 saturated heterocycles. The maximum absolute atomic E-state index is 12.3. The van der Waals surface area contributed by atoms with Crippen LogP contribution in [0.5, 0.6) is 5.75 Å². The van der Waals surface area contributed by atoms with Gasteiger partial charge in [0.25, 0.3) is 6.43 Å². The Balaban J connectivity index is 3.54. The number of hydrogen-bond donors (Lipinski definition) is 2. The number of nitro groups is 1. The van der Waals surface area contributed by atoms with Crippen molar-refractivity contribution in [1.29, 1.82) is 0 Å². The quantitative estimate of drug-likeness (QED) is 0.602. The van der Waals surface area contributed by atoms with Gasteiger partial charge in [-0.2, -0.15) is 0 Å². The number of carboxylic acid groups (broad SMARTS) is 1. The van der Waals surface area contributed by atoms with E-state index < -0.39 is 40.0 Å². The van der Waals surface area contributed by atoms with Crippen LogP contribution in [0.2, 0.25) is 0 Å². The van der Waals surface area contributed by atoms with E-state index >= 15 is 0 Å². The Bertz CT molecular complexity index is 462. The highest BCUT2D eigenvalue weighted by molar-refractivity contribution is 5.93. The minimum atomic E-state index is -3.20. The van der Waals surface area contributed by atoms with E-state index in [0.717, 1.165) is 0 Å². The summed E-state index contributed by atoms with van der Waals surface area (Å²) in [5, 5.41) is 28.0. The Morgan fingerprint density at radius 3 is 2.50 bits per heavy atom. The third-order valence-electron chi connectivity index (χ3n) is 1.69. The van der Waals surface area contributed by atoms with Crippen molar-refractivity contribution in [2.75, 3.05) is 0 Å². The molecule has 0 saturated carbocycles. The zero-order valence-electron chi connectivity index (χ0n) is 7.42. The summed E-state index contributed by atoms with van der Waals surface area (Å²) in [6.07, 6.45) is -2.85. The third kappa shape index (κ3) is 1.87. The van der Waals surface area contributed by atoms with Gasteiger partial charge in [0.1, 0.15) is 11.8 Å². The molecule has 0 aliphatic rings. The van der Waals surface area contributed by atoms with Crippen molar-refractivity contribution in [3.8, 4) is 5.75 Å². The molecule has 0 atom stereocenters. The lowest BCUT2D eigenvalue weighted by Crippen LogP contribution is -2.07. The Morgan fingerprint density at radius 1 is 1.56 bits per heavy atom. The molecule has 7 nitrogen and oxygen atoms in total. The molecule has 1 aromatic heterocycles. The molecule has 2 N–H and O–H groups in total. The fourth-order valence-electron chi connectivity index (χ4n) is 1.03. The molecule has 0 unspecified atom stereocenters. The summed E-state index contributed by atoms with van der Waals surface area (Å²) in [5.74, 6) is -4.45. The van der Waals surface area contributed by atoms with Gasteiger partial charge in [0, 0.05) is 0 Å². The summed E-state index contributed by atoms with van der Waals surface area (Å²) < 4.78 is 24.6. The van der Waals surface area contributed by atoms with Crippen LogP contribution < -0.4 is 0 Å². The fraction of sp³-hybridized carbons (Fsp3) is 0.143. The van der Waals surface area contributed by atoms with Crippen LogP contribution in [0.3, 0.4) is 0 Å². The van der Waals surface area contributed by atoms with Gasteiger partial charge in [-0.15, -0.1) is 0 Å². The minimum Gasteiger partial charge on any atom is -0.500 e. The maximum atomic E-state index is 12.3. The number of aromatic hydroxyl groups is 1. The second-order valence-electron chi connectivity index (χ2n) is 2.62. The first-order chi connectivity index (χ1) is 7.36. The number of nitrogens with zero attached hydrogens (tertiary/aromatic N) is 2. The van der Waals surface area contributed by atoms with E-state index in [1.165, 1.54) is 0 Å². The van der Waals surface area contributed by atoms with Crippen molar-refractivity contribution in [2.45, 2.75) is 6.43 Å². The lowest BCUT2D eigenvalue weighted by molar-refractivity contribution is -0.390. The van der Waals surface area contributed by atoms with Crippen LogP contribution in [-0.4, -0.2) is 26.1 Å². The van der Waals surface area contributed by atoms with Gasteiger partial charge in [-0.05, 0) is 9.91 Å². The minimum absolute atomic E-state index is 0.353. The van der Waals surface area contributed by atoms with Crippen molar-refractivity contribution < 1.29 is 28.7 Å². The maximum Gasteiger partial charge on any atom is 0.406 e. The number of carbonyl (C=O) groups is 1. The largest absolute Gasteiger partial charge is 0.500 e. The number of halogens is 2. The highest BCUT2D eigenvalue weighted by Gasteiger charge is 2.30. The fourth-order valence-corrected chi connectivity index (χ4v) is 1.03. The summed E-state index contributed by atoms with van der Waals surface area (Å²) in [5.41, 5.74) is -2.28. The number of aromatic carboxylic acids is 1. The standard InChI is InChI=1S/C7H4F2N2O5/c8-5(9)2-1-10-6(11(15)16)4(12)3(2)7(13)14/h1,5,12H,(H,13,14). The molecule has 1 aromatic rings. The zero-order chi connectivity index (χ0) is 12.5. The Labute approximate surface area is 86.1 Å². The van der Waals surface area contributed by atoms with Crippen LogP contribution in [0.25, 0.3) is 0 Å². The van der Waals surface area contributed by atoms with Crippen molar-refractivity contribution in [1.82, 2.24) is 4.98 Å². The number of rotatable bonds is 3.